The summed E-state index contributed by atoms with van der Waals surface area (Å²) in [6.07, 6.45) is -5.49. The molecule has 382 valence electrons. The van der Waals surface area contributed by atoms with Crippen LogP contribution in [0.1, 0.15) is 107 Å². The van der Waals surface area contributed by atoms with Gasteiger partial charge < -0.3 is 53.8 Å². The van der Waals surface area contributed by atoms with E-state index in [2.05, 4.69) is 20.1 Å². The highest BCUT2D eigenvalue weighted by molar-refractivity contribution is 7.53. The molecule has 2 aromatic rings. The van der Waals surface area contributed by atoms with Gasteiger partial charge in [0.1, 0.15) is 28.6 Å². The average molecular weight is 1000 g/mol. The van der Waals surface area contributed by atoms with Crippen molar-refractivity contribution in [2.75, 3.05) is 25.8 Å². The fourth-order valence-corrected chi connectivity index (χ4v) is 10.1. The second-order valence-electron chi connectivity index (χ2n) is 18.6. The lowest BCUT2D eigenvalue weighted by Crippen LogP contribution is -2.61. The van der Waals surface area contributed by atoms with Crippen LogP contribution in [0.2, 0.25) is 0 Å². The summed E-state index contributed by atoms with van der Waals surface area (Å²) < 4.78 is 52.7. The monoisotopic (exact) mass is 1000 g/mol. The van der Waals surface area contributed by atoms with Gasteiger partial charge in [-0.25, -0.2) is 23.7 Å². The van der Waals surface area contributed by atoms with Gasteiger partial charge in [-0.05, 0) is 85.5 Å². The second kappa shape index (κ2) is 23.5. The first-order valence-corrected chi connectivity index (χ1v) is 25.3. The fourth-order valence-electron chi connectivity index (χ4n) is 8.82. The number of nitrogens with one attached hydrogen (secondary N) is 1. The zero-order chi connectivity index (χ0) is 51.1. The predicted octanol–water partition coefficient (Wildman–Crippen LogP) is 5.00. The third-order valence-electron chi connectivity index (χ3n) is 12.5. The molecule has 23 heteroatoms. The molecule has 2 fully saturated rings. The number of alkyl halides is 1. The first kappa shape index (κ1) is 56.9. The van der Waals surface area contributed by atoms with Gasteiger partial charge in [-0.1, -0.05) is 46.7 Å². The molecule has 0 bridgehead atoms. The number of aliphatic imine (C=N–C) groups is 1. The molecule has 20 nitrogen and oxygen atoms in total. The maximum atomic E-state index is 16.9. The van der Waals surface area contributed by atoms with Crippen LogP contribution in [-0.2, 0) is 49.3 Å². The number of ketones is 1. The molecular weight excluding hydrogens is 931 g/mol. The number of carbonyl (C=O) groups is 3. The van der Waals surface area contributed by atoms with Gasteiger partial charge in [-0.3, -0.25) is 19.7 Å². The van der Waals surface area contributed by atoms with Crippen LogP contribution in [0.3, 0.4) is 0 Å². The predicted molar refractivity (Wildman–Crippen MR) is 251 cm³/mol. The Labute approximate surface area is 401 Å². The van der Waals surface area contributed by atoms with Gasteiger partial charge in [-0.15, -0.1) is 11.3 Å². The molecule has 2 aromatic heterocycles. The molecule has 0 spiro atoms. The number of halogens is 1. The molecule has 6 N–H and O–H groups in total. The molecule has 2 saturated heterocycles. The Morgan fingerprint density at radius 1 is 1.06 bits per heavy atom. The van der Waals surface area contributed by atoms with Gasteiger partial charge in [0.2, 0.25) is 5.91 Å². The van der Waals surface area contributed by atoms with Crippen LogP contribution < -0.4 is 5.09 Å². The maximum absolute atomic E-state index is 16.9. The van der Waals surface area contributed by atoms with Crippen molar-refractivity contribution in [3.8, 4) is 10.6 Å². The number of hydrogen-bond donors (Lipinski definition) is 6. The molecule has 4 heterocycles. The second-order valence-corrected chi connectivity index (χ2v) is 20.8. The summed E-state index contributed by atoms with van der Waals surface area (Å²) in [5, 5.41) is 44.6. The van der Waals surface area contributed by atoms with E-state index >= 15 is 4.39 Å². The first-order valence-electron chi connectivity index (χ1n) is 22.8. The lowest BCUT2D eigenvalue weighted by atomic mass is 9.73. The van der Waals surface area contributed by atoms with Crippen LogP contribution >= 0.6 is 19.1 Å². The van der Waals surface area contributed by atoms with E-state index in [1.165, 1.54) is 32.3 Å². The van der Waals surface area contributed by atoms with Gasteiger partial charge >= 0.3 is 13.7 Å². The number of oxime groups is 1. The van der Waals surface area contributed by atoms with Crippen molar-refractivity contribution in [2.45, 2.75) is 168 Å². The van der Waals surface area contributed by atoms with Crippen LogP contribution in [0.25, 0.3) is 10.6 Å². The zero-order valence-corrected chi connectivity index (χ0v) is 42.6. The number of anilines is 1. The van der Waals surface area contributed by atoms with Crippen LogP contribution in [0.5, 0.6) is 0 Å². The first-order chi connectivity index (χ1) is 31.6. The maximum Gasteiger partial charge on any atom is 0.428 e. The van der Waals surface area contributed by atoms with Crippen molar-refractivity contribution in [3.05, 3.63) is 29.4 Å². The Morgan fingerprint density at radius 3 is 2.31 bits per heavy atom. The quantitative estimate of drug-likeness (QED) is 0.0450. The lowest BCUT2D eigenvalue weighted by molar-refractivity contribution is -0.293. The van der Waals surface area contributed by atoms with E-state index in [1.807, 2.05) is 5.09 Å². The van der Waals surface area contributed by atoms with E-state index in [9.17, 15) is 44.1 Å². The Bertz CT molecular complexity index is 2150. The number of aliphatic hydroxyl groups is 3. The molecular formula is C45H70FN6O14PS. The molecule has 1 amide bonds. The van der Waals surface area contributed by atoms with Gasteiger partial charge in [0.25, 0.3) is 5.67 Å². The number of likely N-dealkylation sites (N-methyl/N-ethyl adjacent to an activating group) is 1. The van der Waals surface area contributed by atoms with E-state index in [-0.39, 0.29) is 44.0 Å². The summed E-state index contributed by atoms with van der Waals surface area (Å²) in [7, 11) is -0.975. The minimum Gasteiger partial charge on any atom is -0.457 e. The van der Waals surface area contributed by atoms with E-state index in [0.29, 0.717) is 34.8 Å². The van der Waals surface area contributed by atoms with E-state index in [1.54, 1.807) is 72.7 Å². The third kappa shape index (κ3) is 14.2. The molecule has 4 rings (SSSR count). The summed E-state index contributed by atoms with van der Waals surface area (Å²) in [5.74, 6) is -6.66. The Balaban J connectivity index is 1.69. The zero-order valence-electron chi connectivity index (χ0n) is 40.9. The number of thiazole rings is 1. The van der Waals surface area contributed by atoms with E-state index in [4.69, 9.17) is 23.8 Å². The SMILES string of the molecule is CCC(=O)N=C1[C@H](C)C[C@@](C)(O)[C@H](O[C@@H]2O[C@H](C)C[C@H](N(C)C)[C@H]2O)[C@@H](C)C(=O)[C@](C)(F)C(=O)O[C@H](CC)[C@@](C)(O)[C@H](OC/C(CC)=N\OCc2ccc(-c3nc(NP(=O)(O)O)cs3)cn2)[C@H]1C. The van der Waals surface area contributed by atoms with E-state index < -0.39 is 103 Å². The highest BCUT2D eigenvalue weighted by Gasteiger charge is 2.56. The smallest absolute Gasteiger partial charge is 0.428 e. The van der Waals surface area contributed by atoms with E-state index in [0.717, 1.165) is 18.3 Å². The summed E-state index contributed by atoms with van der Waals surface area (Å²) in [6.45, 7) is 14.6. The molecule has 2 aliphatic rings. The Morgan fingerprint density at radius 2 is 1.74 bits per heavy atom. The van der Waals surface area contributed by atoms with Crippen LogP contribution in [0.4, 0.5) is 10.2 Å². The number of rotatable bonds is 15. The number of amides is 1. The number of pyridine rings is 1. The van der Waals surface area contributed by atoms with Gasteiger partial charge in [-0.2, -0.15) is 0 Å². The van der Waals surface area contributed by atoms with Crippen molar-refractivity contribution in [3.63, 3.8) is 0 Å². The van der Waals surface area contributed by atoms with Crippen LogP contribution in [0.15, 0.2) is 33.9 Å². The molecule has 0 unspecified atom stereocenters. The minimum atomic E-state index is -4.53. The average Bonchev–Trinajstić information content (AvgIpc) is 3.72. The molecule has 13 atom stereocenters. The number of hydrogen-bond acceptors (Lipinski definition) is 17. The number of esters is 1. The Kier molecular flexibility index (Phi) is 19.7. The van der Waals surface area contributed by atoms with Gasteiger partial charge in [0.05, 0.1) is 41.9 Å². The van der Waals surface area contributed by atoms with Crippen LogP contribution in [0, 0.1) is 17.8 Å². The minimum absolute atomic E-state index is 0.00915. The van der Waals surface area contributed by atoms with Crippen LogP contribution in [-0.4, -0.2) is 149 Å². The fraction of sp³-hybridized carbons (Fsp3) is 0.711. The topological polar surface area (TPSA) is 281 Å². The summed E-state index contributed by atoms with van der Waals surface area (Å²) in [6, 6.07) is 2.94. The Hall–Kier alpha value is -3.67. The molecule has 2 aliphatic heterocycles. The third-order valence-corrected chi connectivity index (χ3v) is 13.9. The summed E-state index contributed by atoms with van der Waals surface area (Å²) >= 11 is 1.16. The standard InChI is InChI=1S/C45H70FN6O14PS/c1-13-29(50-63-22-30-17-16-28(20-47-30)40-48-33(23-68-40)51-67(59,60)61)21-62-39-26(6)35(49-34(53)15-3)24(4)19-43(8,57)38(66-41-36(54)31(52(11)12)18-25(5)64-41)27(7)37(55)44(9,46)42(56)65-32(14-2)45(39,10)58/h16-17,20,23-27,31-32,36,38-39,41,54,57-58H,13-15,18-19,21-22H2,1-12H3,(H3,51,59,60,61)/b49-35?,50-29-/t24-,25-,26+,27+,31+,32-,36-,38-,39-,41+,43-,44+,45-/m1/s1. The van der Waals surface area contributed by atoms with Crippen molar-refractivity contribution in [1.29, 1.82) is 0 Å². The van der Waals surface area contributed by atoms with Crippen molar-refractivity contribution < 1.29 is 72.2 Å². The number of aliphatic hydroxyl groups excluding tert-OH is 1. The highest BCUT2D eigenvalue weighted by atomic mass is 32.1. The number of ether oxygens (including phenoxy) is 4. The number of nitrogens with zero attached hydrogens (tertiary/aromatic N) is 5. The number of cyclic esters (lactones) is 1. The molecule has 0 aromatic carbocycles. The highest BCUT2D eigenvalue weighted by Crippen LogP contribution is 2.40. The molecule has 68 heavy (non-hydrogen) atoms. The molecule has 0 radical (unpaired) electrons. The molecule has 0 saturated carbocycles. The number of aromatic nitrogens is 2. The lowest BCUT2D eigenvalue weighted by Gasteiger charge is -2.46. The van der Waals surface area contributed by atoms with Gasteiger partial charge in [0.15, 0.2) is 18.7 Å². The summed E-state index contributed by atoms with van der Waals surface area (Å²) in [5.41, 5.74) is -5.83. The summed E-state index contributed by atoms with van der Waals surface area (Å²) in [4.78, 5) is 80.2. The molecule has 0 aliphatic carbocycles. The van der Waals surface area contributed by atoms with Crippen molar-refractivity contribution in [2.24, 2.45) is 27.9 Å². The number of carbonyl (C=O) groups excluding carboxylic acids is 3. The normalized spacial score (nSPS) is 34.4. The largest absolute Gasteiger partial charge is 0.457 e. The van der Waals surface area contributed by atoms with Gasteiger partial charge in [0, 0.05) is 47.2 Å². The number of Topliss-reactive ketones (excluding diaryl/α,β-unsaturated/α-hetero) is 1. The van der Waals surface area contributed by atoms with Crippen molar-refractivity contribution >= 4 is 54.0 Å². The van der Waals surface area contributed by atoms with Crippen molar-refractivity contribution in [1.82, 2.24) is 14.9 Å².